The lowest BCUT2D eigenvalue weighted by Gasteiger charge is -2.11. The van der Waals surface area contributed by atoms with E-state index in [1.807, 2.05) is 6.92 Å². The lowest BCUT2D eigenvalue weighted by atomic mass is 10.2. The molecule has 1 aromatic carbocycles. The summed E-state index contributed by atoms with van der Waals surface area (Å²) in [6, 6.07) is 4.80. The minimum absolute atomic E-state index is 0.144. The Morgan fingerprint density at radius 3 is 2.86 bits per heavy atom. The summed E-state index contributed by atoms with van der Waals surface area (Å²) >= 11 is 0. The van der Waals surface area contributed by atoms with E-state index in [4.69, 9.17) is 4.74 Å². The third kappa shape index (κ3) is 2.49. The summed E-state index contributed by atoms with van der Waals surface area (Å²) in [4.78, 5) is 0. The predicted molar refractivity (Wildman–Crippen MR) is 56.2 cm³/mol. The third-order valence-electron chi connectivity index (χ3n) is 1.90. The van der Waals surface area contributed by atoms with Gasteiger partial charge in [0.1, 0.15) is 0 Å². The number of anilines is 1. The number of rotatable bonds is 4. The number of hydrogen-bond donors (Lipinski definition) is 1. The first kappa shape index (κ1) is 10.6. The minimum Gasteiger partial charge on any atom is -0.494 e. The Morgan fingerprint density at radius 1 is 1.57 bits per heavy atom. The highest BCUT2D eigenvalue weighted by atomic mass is 19.1. The fourth-order valence-corrected chi connectivity index (χ4v) is 1.07. The number of hydrogen-bond acceptors (Lipinski definition) is 2. The van der Waals surface area contributed by atoms with Crippen LogP contribution in [-0.4, -0.2) is 13.2 Å². The fourth-order valence-electron chi connectivity index (χ4n) is 1.07. The smallest absolute Gasteiger partial charge is 0.165 e. The van der Waals surface area contributed by atoms with Gasteiger partial charge in [-0.25, -0.2) is 4.39 Å². The average molecular weight is 195 g/mol. The molecule has 1 atom stereocenters. The van der Waals surface area contributed by atoms with Crippen molar-refractivity contribution in [2.45, 2.75) is 13.0 Å². The van der Waals surface area contributed by atoms with Crippen LogP contribution in [0, 0.1) is 5.82 Å². The Kier molecular flexibility index (Phi) is 3.51. The minimum atomic E-state index is -0.357. The molecule has 1 rings (SSSR count). The van der Waals surface area contributed by atoms with Crippen LogP contribution < -0.4 is 10.1 Å². The summed E-state index contributed by atoms with van der Waals surface area (Å²) < 4.78 is 17.9. The third-order valence-corrected chi connectivity index (χ3v) is 1.90. The zero-order chi connectivity index (χ0) is 10.6. The van der Waals surface area contributed by atoms with Crippen LogP contribution in [0.25, 0.3) is 0 Å². The molecule has 0 aromatic heterocycles. The maximum absolute atomic E-state index is 13.0. The maximum atomic E-state index is 13.0. The van der Waals surface area contributed by atoms with E-state index in [0.29, 0.717) is 0 Å². The summed E-state index contributed by atoms with van der Waals surface area (Å²) in [5.41, 5.74) is 0.815. The first-order valence-corrected chi connectivity index (χ1v) is 4.40. The highest BCUT2D eigenvalue weighted by Crippen LogP contribution is 2.21. The van der Waals surface area contributed by atoms with E-state index < -0.39 is 0 Å². The van der Waals surface area contributed by atoms with Gasteiger partial charge >= 0.3 is 0 Å². The first-order chi connectivity index (χ1) is 6.67. The van der Waals surface area contributed by atoms with Crippen molar-refractivity contribution in [2.75, 3.05) is 12.4 Å². The lowest BCUT2D eigenvalue weighted by molar-refractivity contribution is 0.387. The van der Waals surface area contributed by atoms with Crippen LogP contribution in [0.1, 0.15) is 6.92 Å². The lowest BCUT2D eigenvalue weighted by Crippen LogP contribution is -2.11. The van der Waals surface area contributed by atoms with Crippen LogP contribution in [0.2, 0.25) is 0 Å². The molecule has 0 saturated heterocycles. The predicted octanol–water partition coefficient (Wildman–Crippen LogP) is 2.82. The van der Waals surface area contributed by atoms with E-state index in [0.717, 1.165) is 5.69 Å². The van der Waals surface area contributed by atoms with Crippen LogP contribution in [0.4, 0.5) is 10.1 Å². The van der Waals surface area contributed by atoms with Gasteiger partial charge in [-0.1, -0.05) is 6.08 Å². The second-order valence-electron chi connectivity index (χ2n) is 3.02. The van der Waals surface area contributed by atoms with E-state index in [-0.39, 0.29) is 17.6 Å². The first-order valence-electron chi connectivity index (χ1n) is 4.40. The second-order valence-corrected chi connectivity index (χ2v) is 3.02. The Hall–Kier alpha value is -1.51. The summed E-state index contributed by atoms with van der Waals surface area (Å²) in [5.74, 6) is -0.115. The number of methoxy groups -OCH3 is 1. The van der Waals surface area contributed by atoms with Crippen LogP contribution in [0.3, 0.4) is 0 Å². The van der Waals surface area contributed by atoms with Crippen molar-refractivity contribution < 1.29 is 9.13 Å². The Morgan fingerprint density at radius 2 is 2.29 bits per heavy atom. The molecule has 0 radical (unpaired) electrons. The monoisotopic (exact) mass is 195 g/mol. The van der Waals surface area contributed by atoms with Crippen molar-refractivity contribution in [1.29, 1.82) is 0 Å². The highest BCUT2D eigenvalue weighted by Gasteiger charge is 2.03. The van der Waals surface area contributed by atoms with Gasteiger partial charge in [0.25, 0.3) is 0 Å². The van der Waals surface area contributed by atoms with Gasteiger partial charge in [-0.05, 0) is 19.1 Å². The van der Waals surface area contributed by atoms with Crippen molar-refractivity contribution in [1.82, 2.24) is 0 Å². The van der Waals surface area contributed by atoms with Gasteiger partial charge in [0.15, 0.2) is 11.6 Å². The largest absolute Gasteiger partial charge is 0.494 e. The molecule has 0 aliphatic rings. The van der Waals surface area contributed by atoms with Gasteiger partial charge in [-0.15, -0.1) is 6.58 Å². The van der Waals surface area contributed by atoms with Gasteiger partial charge in [0.2, 0.25) is 0 Å². The molecule has 1 aromatic rings. The zero-order valence-corrected chi connectivity index (χ0v) is 8.38. The molecule has 1 unspecified atom stereocenters. The van der Waals surface area contributed by atoms with Gasteiger partial charge in [0.05, 0.1) is 7.11 Å². The van der Waals surface area contributed by atoms with Crippen molar-refractivity contribution in [2.24, 2.45) is 0 Å². The van der Waals surface area contributed by atoms with Crippen LogP contribution in [0.5, 0.6) is 5.75 Å². The summed E-state index contributed by atoms with van der Waals surface area (Å²) in [7, 11) is 1.44. The standard InChI is InChI=1S/C11H14FNO/c1-4-8(2)13-9-5-6-10(12)11(7-9)14-3/h4-8,13H,1H2,2-3H3. The molecule has 3 heteroatoms. The number of benzene rings is 1. The van der Waals surface area contributed by atoms with E-state index in [1.165, 1.54) is 13.2 Å². The number of ether oxygens (including phenoxy) is 1. The molecule has 76 valence electrons. The molecule has 0 fully saturated rings. The molecule has 0 aliphatic carbocycles. The van der Waals surface area contributed by atoms with Gasteiger partial charge in [-0.2, -0.15) is 0 Å². The topological polar surface area (TPSA) is 21.3 Å². The second kappa shape index (κ2) is 4.65. The molecular formula is C11H14FNO. The van der Waals surface area contributed by atoms with Crippen LogP contribution in [-0.2, 0) is 0 Å². The van der Waals surface area contributed by atoms with E-state index >= 15 is 0 Å². The van der Waals surface area contributed by atoms with E-state index in [9.17, 15) is 4.39 Å². The highest BCUT2D eigenvalue weighted by molar-refractivity contribution is 5.49. The van der Waals surface area contributed by atoms with Crippen molar-refractivity contribution >= 4 is 5.69 Å². The Bertz CT molecular complexity index is 325. The zero-order valence-electron chi connectivity index (χ0n) is 8.38. The molecule has 0 aliphatic heterocycles. The van der Waals surface area contributed by atoms with Crippen LogP contribution >= 0.6 is 0 Å². The van der Waals surface area contributed by atoms with Gasteiger partial charge < -0.3 is 10.1 Å². The molecule has 0 spiro atoms. The quantitative estimate of drug-likeness (QED) is 0.746. The molecular weight excluding hydrogens is 181 g/mol. The molecule has 0 amide bonds. The summed E-state index contributed by atoms with van der Waals surface area (Å²) in [6.45, 7) is 5.61. The van der Waals surface area contributed by atoms with Gasteiger partial charge in [-0.3, -0.25) is 0 Å². The van der Waals surface area contributed by atoms with Gasteiger partial charge in [0, 0.05) is 17.8 Å². The summed E-state index contributed by atoms with van der Waals surface area (Å²) in [5, 5.41) is 3.13. The summed E-state index contributed by atoms with van der Waals surface area (Å²) in [6.07, 6.45) is 1.77. The average Bonchev–Trinajstić information content (AvgIpc) is 2.20. The molecule has 0 heterocycles. The molecule has 0 saturated carbocycles. The van der Waals surface area contributed by atoms with Crippen molar-refractivity contribution in [3.8, 4) is 5.75 Å². The molecule has 0 bridgehead atoms. The number of halogens is 1. The maximum Gasteiger partial charge on any atom is 0.165 e. The SMILES string of the molecule is C=CC(C)Nc1ccc(F)c(OC)c1. The van der Waals surface area contributed by atoms with Crippen LogP contribution in [0.15, 0.2) is 30.9 Å². The molecule has 1 N–H and O–H groups in total. The van der Waals surface area contributed by atoms with Crippen molar-refractivity contribution in [3.63, 3.8) is 0 Å². The Labute approximate surface area is 83.4 Å². The molecule has 14 heavy (non-hydrogen) atoms. The fraction of sp³-hybridized carbons (Fsp3) is 0.273. The number of nitrogens with one attached hydrogen (secondary N) is 1. The van der Waals surface area contributed by atoms with E-state index in [2.05, 4.69) is 11.9 Å². The van der Waals surface area contributed by atoms with E-state index in [1.54, 1.807) is 18.2 Å². The normalized spacial score (nSPS) is 11.9. The molecule has 2 nitrogen and oxygen atoms in total. The Balaban J connectivity index is 2.84. The van der Waals surface area contributed by atoms with Crippen molar-refractivity contribution in [3.05, 3.63) is 36.7 Å².